The predicted molar refractivity (Wildman–Crippen MR) is 151 cm³/mol. The summed E-state index contributed by atoms with van der Waals surface area (Å²) in [7, 11) is 1.82. The second kappa shape index (κ2) is 11.4. The highest BCUT2D eigenvalue weighted by Crippen LogP contribution is 2.31. The quantitative estimate of drug-likeness (QED) is 0.188. The Morgan fingerprint density at radius 1 is 1.08 bits per heavy atom. The first-order chi connectivity index (χ1) is 18.6. The smallest absolute Gasteiger partial charge is 0.165 e. The van der Waals surface area contributed by atoms with Crippen LogP contribution in [0, 0.1) is 0 Å². The molecule has 5 N–H and O–H groups in total. The van der Waals surface area contributed by atoms with Gasteiger partial charge in [-0.3, -0.25) is 14.3 Å². The lowest BCUT2D eigenvalue weighted by Gasteiger charge is -2.30. The minimum Gasteiger partial charge on any atom is -0.386 e. The third-order valence-corrected chi connectivity index (χ3v) is 6.81. The first kappa shape index (κ1) is 25.3. The lowest BCUT2D eigenvalue weighted by molar-refractivity contribution is -0.104. The van der Waals surface area contributed by atoms with E-state index in [4.69, 9.17) is 21.4 Å². The van der Waals surface area contributed by atoms with Gasteiger partial charge in [0.25, 0.3) is 0 Å². The van der Waals surface area contributed by atoms with Crippen molar-refractivity contribution < 1.29 is 4.79 Å². The van der Waals surface area contributed by atoms with Gasteiger partial charge in [0.15, 0.2) is 11.5 Å². The molecule has 0 spiro atoms. The second-order valence-corrected chi connectivity index (χ2v) is 9.38. The minimum atomic E-state index is 0.318. The summed E-state index contributed by atoms with van der Waals surface area (Å²) in [6.45, 7) is 2.94. The van der Waals surface area contributed by atoms with Crippen LogP contribution in [0.2, 0.25) is 0 Å². The number of nitrogens with two attached hydrogens (primary N) is 2. The summed E-state index contributed by atoms with van der Waals surface area (Å²) in [6, 6.07) is 16.4. The van der Waals surface area contributed by atoms with Crippen LogP contribution in [0.15, 0.2) is 73.0 Å². The molecule has 9 heteroatoms. The zero-order valence-electron chi connectivity index (χ0n) is 21.4. The SMILES string of the molecule is CN/C(=C\C=C/C=O)c1ccc2nc(-c3cccnc3N)n(-c3ccc(CN4CCC(N)CC4)cc3)c2n1. The number of piperidine rings is 1. The number of allylic oxidation sites excluding steroid dienone is 3. The number of aldehydes is 1. The Morgan fingerprint density at radius 2 is 1.87 bits per heavy atom. The van der Waals surface area contributed by atoms with Crippen molar-refractivity contribution in [3.05, 3.63) is 84.2 Å². The maximum Gasteiger partial charge on any atom is 0.165 e. The van der Waals surface area contributed by atoms with Gasteiger partial charge in [-0.1, -0.05) is 18.2 Å². The van der Waals surface area contributed by atoms with E-state index in [1.807, 2.05) is 42.0 Å². The Balaban J connectivity index is 1.58. The Hall–Kier alpha value is -4.34. The molecular formula is C29H32N8O. The summed E-state index contributed by atoms with van der Waals surface area (Å²) in [5.74, 6) is 1.07. The number of anilines is 1. The van der Waals surface area contributed by atoms with Gasteiger partial charge in [-0.2, -0.15) is 0 Å². The van der Waals surface area contributed by atoms with E-state index in [0.717, 1.165) is 66.9 Å². The number of carbonyl (C=O) groups is 1. The van der Waals surface area contributed by atoms with E-state index in [2.05, 4.69) is 39.5 Å². The zero-order chi connectivity index (χ0) is 26.5. The molecule has 1 saturated heterocycles. The van der Waals surface area contributed by atoms with Crippen LogP contribution >= 0.6 is 0 Å². The van der Waals surface area contributed by atoms with Gasteiger partial charge in [0.1, 0.15) is 17.6 Å². The van der Waals surface area contributed by atoms with Crippen LogP contribution in [0.1, 0.15) is 24.1 Å². The molecule has 1 fully saturated rings. The topological polar surface area (TPSA) is 128 Å². The van der Waals surface area contributed by atoms with Crippen molar-refractivity contribution in [2.75, 3.05) is 25.9 Å². The molecule has 0 radical (unpaired) electrons. The molecule has 1 aromatic carbocycles. The number of nitrogens with zero attached hydrogens (tertiary/aromatic N) is 5. The number of hydrogen-bond donors (Lipinski definition) is 3. The average Bonchev–Trinajstić information content (AvgIpc) is 3.31. The van der Waals surface area contributed by atoms with Crippen molar-refractivity contribution in [3.8, 4) is 17.1 Å². The van der Waals surface area contributed by atoms with E-state index in [1.165, 1.54) is 11.6 Å². The number of hydrogen-bond acceptors (Lipinski definition) is 8. The van der Waals surface area contributed by atoms with Gasteiger partial charge >= 0.3 is 0 Å². The Labute approximate surface area is 221 Å². The number of aromatic nitrogens is 4. The van der Waals surface area contributed by atoms with E-state index in [-0.39, 0.29) is 0 Å². The van der Waals surface area contributed by atoms with E-state index < -0.39 is 0 Å². The summed E-state index contributed by atoms with van der Waals surface area (Å²) in [6.07, 6.45) is 9.41. The van der Waals surface area contributed by atoms with Gasteiger partial charge in [-0.05, 0) is 80.0 Å². The summed E-state index contributed by atoms with van der Waals surface area (Å²) < 4.78 is 2.02. The van der Waals surface area contributed by atoms with Gasteiger partial charge in [0.2, 0.25) is 0 Å². The molecule has 0 aliphatic carbocycles. The first-order valence-corrected chi connectivity index (χ1v) is 12.7. The number of nitrogens with one attached hydrogen (secondary N) is 1. The van der Waals surface area contributed by atoms with Crippen LogP contribution in [-0.4, -0.2) is 56.9 Å². The summed E-state index contributed by atoms with van der Waals surface area (Å²) in [5, 5.41) is 3.16. The van der Waals surface area contributed by atoms with Crippen molar-refractivity contribution in [3.63, 3.8) is 0 Å². The first-order valence-electron chi connectivity index (χ1n) is 12.7. The molecule has 1 aliphatic rings. The fourth-order valence-corrected chi connectivity index (χ4v) is 4.75. The van der Waals surface area contributed by atoms with E-state index in [9.17, 15) is 4.79 Å². The number of nitrogen functional groups attached to an aromatic ring is 1. The lowest BCUT2D eigenvalue weighted by Crippen LogP contribution is -2.39. The van der Waals surface area contributed by atoms with Crippen LogP contribution in [-0.2, 0) is 11.3 Å². The molecule has 0 bridgehead atoms. The number of likely N-dealkylation sites (tertiary alicyclic amines) is 1. The fourth-order valence-electron chi connectivity index (χ4n) is 4.75. The molecule has 4 heterocycles. The lowest BCUT2D eigenvalue weighted by atomic mass is 10.1. The zero-order valence-corrected chi connectivity index (χ0v) is 21.4. The molecule has 3 aromatic heterocycles. The van der Waals surface area contributed by atoms with Crippen LogP contribution in [0.4, 0.5) is 5.82 Å². The molecule has 4 aromatic rings. The van der Waals surface area contributed by atoms with Gasteiger partial charge in [-0.15, -0.1) is 0 Å². The van der Waals surface area contributed by atoms with Crippen LogP contribution in [0.5, 0.6) is 0 Å². The third kappa shape index (κ3) is 5.34. The second-order valence-electron chi connectivity index (χ2n) is 9.38. The normalized spacial score (nSPS) is 15.4. The molecule has 5 rings (SSSR count). The van der Waals surface area contributed by atoms with Crippen LogP contribution in [0.3, 0.4) is 0 Å². The summed E-state index contributed by atoms with van der Waals surface area (Å²) in [5.41, 5.74) is 18.2. The largest absolute Gasteiger partial charge is 0.386 e. The molecular weight excluding hydrogens is 476 g/mol. The monoisotopic (exact) mass is 508 g/mol. The molecule has 1 aliphatic heterocycles. The van der Waals surface area contributed by atoms with Crippen molar-refractivity contribution in [1.29, 1.82) is 0 Å². The van der Waals surface area contributed by atoms with Crippen LogP contribution < -0.4 is 16.8 Å². The number of benzene rings is 1. The maximum atomic E-state index is 10.7. The molecule has 0 unspecified atom stereocenters. The van der Waals surface area contributed by atoms with Crippen LogP contribution in [0.25, 0.3) is 33.9 Å². The Bertz CT molecular complexity index is 1480. The van der Waals surface area contributed by atoms with Crippen molar-refractivity contribution in [2.45, 2.75) is 25.4 Å². The maximum absolute atomic E-state index is 10.7. The molecule has 0 atom stereocenters. The molecule has 38 heavy (non-hydrogen) atoms. The molecule has 194 valence electrons. The highest BCUT2D eigenvalue weighted by molar-refractivity contribution is 5.84. The minimum absolute atomic E-state index is 0.318. The number of imidazole rings is 1. The van der Waals surface area contributed by atoms with E-state index in [0.29, 0.717) is 23.3 Å². The average molecular weight is 509 g/mol. The third-order valence-electron chi connectivity index (χ3n) is 6.81. The standard InChI is InChI=1S/C29H32N8O/c1-32-24(6-2-3-18-38)25-11-12-26-29(34-25)37(28(35-26)23-5-4-15-33-27(23)31)22-9-7-20(8-10-22)19-36-16-13-21(30)14-17-36/h2-12,15,18,21,32H,13-14,16-17,19,30H2,1H3,(H2,31,33)/b3-2-,24-6-. The van der Waals surface area contributed by atoms with Crippen molar-refractivity contribution >= 4 is 29.0 Å². The van der Waals surface area contributed by atoms with Crippen molar-refractivity contribution in [1.82, 2.24) is 29.7 Å². The number of pyridine rings is 2. The van der Waals surface area contributed by atoms with Gasteiger partial charge < -0.3 is 16.8 Å². The summed E-state index contributed by atoms with van der Waals surface area (Å²) in [4.78, 5) is 27.3. The van der Waals surface area contributed by atoms with Gasteiger partial charge in [0.05, 0.1) is 17.0 Å². The van der Waals surface area contributed by atoms with E-state index >= 15 is 0 Å². The van der Waals surface area contributed by atoms with Gasteiger partial charge in [0, 0.05) is 31.5 Å². The summed E-state index contributed by atoms with van der Waals surface area (Å²) >= 11 is 0. The molecule has 0 saturated carbocycles. The fraction of sp³-hybridized carbons (Fsp3) is 0.241. The molecule has 0 amide bonds. The highest BCUT2D eigenvalue weighted by Gasteiger charge is 2.20. The highest BCUT2D eigenvalue weighted by atomic mass is 16.1. The molecule has 9 nitrogen and oxygen atoms in total. The predicted octanol–water partition coefficient (Wildman–Crippen LogP) is 3.30. The Morgan fingerprint density at radius 3 is 2.58 bits per heavy atom. The van der Waals surface area contributed by atoms with Gasteiger partial charge in [-0.25, -0.2) is 15.0 Å². The van der Waals surface area contributed by atoms with E-state index in [1.54, 1.807) is 12.3 Å². The Kier molecular flexibility index (Phi) is 7.57. The number of rotatable bonds is 8. The number of fused-ring (bicyclic) bond motifs is 1. The number of carbonyl (C=O) groups excluding carboxylic acids is 1. The van der Waals surface area contributed by atoms with Crippen molar-refractivity contribution in [2.24, 2.45) is 5.73 Å².